The number of hydrogen-bond donors (Lipinski definition) is 1. The van der Waals surface area contributed by atoms with E-state index < -0.39 is 23.1 Å². The van der Waals surface area contributed by atoms with Gasteiger partial charge in [0.05, 0.1) is 10.9 Å². The van der Waals surface area contributed by atoms with Gasteiger partial charge in [-0.25, -0.2) is 8.78 Å². The summed E-state index contributed by atoms with van der Waals surface area (Å²) >= 11 is 6.61. The lowest BCUT2D eigenvalue weighted by atomic mass is 9.95. The summed E-state index contributed by atoms with van der Waals surface area (Å²) in [6, 6.07) is 11.0. The van der Waals surface area contributed by atoms with Crippen molar-refractivity contribution < 1.29 is 27.9 Å². The summed E-state index contributed by atoms with van der Waals surface area (Å²) in [5.74, 6) is -0.0867. The van der Waals surface area contributed by atoms with Crippen molar-refractivity contribution in [3.8, 4) is 17.3 Å². The number of amides is 1. The van der Waals surface area contributed by atoms with Gasteiger partial charge in [0, 0.05) is 79.9 Å². The number of rotatable bonds is 10. The Labute approximate surface area is 309 Å². The highest BCUT2D eigenvalue weighted by Crippen LogP contribution is 2.41. The molecule has 1 N–H and O–H groups in total. The molecule has 5 aromatic rings. The van der Waals surface area contributed by atoms with Crippen molar-refractivity contribution in [2.75, 3.05) is 51.3 Å². The number of fused-ring (bicyclic) bond motifs is 3. The van der Waals surface area contributed by atoms with Crippen molar-refractivity contribution in [3.05, 3.63) is 71.2 Å². The minimum atomic E-state index is -1.26. The molecule has 3 aliphatic rings. The van der Waals surface area contributed by atoms with E-state index in [4.69, 9.17) is 25.8 Å². The van der Waals surface area contributed by atoms with Gasteiger partial charge in [-0.3, -0.25) is 14.7 Å². The van der Waals surface area contributed by atoms with Crippen molar-refractivity contribution in [1.82, 2.24) is 34.9 Å². The second-order valence-corrected chi connectivity index (χ2v) is 15.3. The molecule has 0 unspecified atom stereocenters. The number of hydrogen-bond acceptors (Lipinski definition) is 11. The summed E-state index contributed by atoms with van der Waals surface area (Å²) in [7, 11) is 1.85. The molecule has 276 valence electrons. The molecule has 12 nitrogen and oxygen atoms in total. The van der Waals surface area contributed by atoms with Gasteiger partial charge in [-0.15, -0.1) is 0 Å². The number of pyridine rings is 1. The highest BCUT2D eigenvalue weighted by atomic mass is 35.5. The van der Waals surface area contributed by atoms with Crippen LogP contribution in [0.1, 0.15) is 44.8 Å². The summed E-state index contributed by atoms with van der Waals surface area (Å²) in [6.07, 6.45) is 5.57. The molecule has 3 saturated heterocycles. The predicted molar refractivity (Wildman–Crippen MR) is 196 cm³/mol. The Morgan fingerprint density at radius 1 is 1.19 bits per heavy atom. The van der Waals surface area contributed by atoms with Crippen LogP contribution in [0.3, 0.4) is 0 Å². The maximum Gasteiger partial charge on any atom is 0.319 e. The number of carbonyl (C=O) groups excluding carboxylic acids is 1. The molecule has 53 heavy (non-hydrogen) atoms. The molecule has 0 bridgehead atoms. The average molecular weight is 745 g/mol. The van der Waals surface area contributed by atoms with Crippen LogP contribution in [-0.2, 0) is 10.4 Å². The van der Waals surface area contributed by atoms with E-state index in [0.29, 0.717) is 59.8 Å². The van der Waals surface area contributed by atoms with Gasteiger partial charge in [0.15, 0.2) is 5.82 Å². The van der Waals surface area contributed by atoms with Crippen LogP contribution in [0.4, 0.5) is 14.6 Å². The number of nitrogens with zero attached hydrogens (tertiary/aromatic N) is 8. The Balaban J connectivity index is 1.06. The molecule has 0 saturated carbocycles. The molecule has 6 heterocycles. The SMILES string of the molecule is CN(CC1CN(C(=O)/C=C/c2nc(C(C)(C)O)no2)C1)c1nc(OC[C@@]23CCCN2C[C@H](F)C3)nc2c(F)c(-c3cccc4cccc(Cl)c34)ncc12. The molecule has 15 heteroatoms. The molecule has 0 aliphatic carbocycles. The Kier molecular flexibility index (Phi) is 9.02. The lowest BCUT2D eigenvalue weighted by Crippen LogP contribution is -2.53. The third-order valence-corrected chi connectivity index (χ3v) is 10.8. The van der Waals surface area contributed by atoms with Gasteiger partial charge in [0.1, 0.15) is 35.4 Å². The van der Waals surface area contributed by atoms with Gasteiger partial charge < -0.3 is 24.2 Å². The highest BCUT2D eigenvalue weighted by Gasteiger charge is 2.49. The van der Waals surface area contributed by atoms with E-state index in [1.54, 1.807) is 37.1 Å². The maximum absolute atomic E-state index is 16.8. The number of ether oxygens (including phenoxy) is 1. The smallest absolute Gasteiger partial charge is 0.319 e. The summed E-state index contributed by atoms with van der Waals surface area (Å²) in [5, 5.41) is 16.2. The lowest BCUT2D eigenvalue weighted by Gasteiger charge is -2.40. The molecule has 8 rings (SSSR count). The Bertz CT molecular complexity index is 2230. The second-order valence-electron chi connectivity index (χ2n) is 14.9. The van der Waals surface area contributed by atoms with E-state index in [-0.39, 0.29) is 47.4 Å². The molecule has 3 fully saturated rings. The van der Waals surface area contributed by atoms with Gasteiger partial charge in [-0.1, -0.05) is 47.1 Å². The van der Waals surface area contributed by atoms with Crippen LogP contribution in [-0.4, -0.2) is 104 Å². The number of benzene rings is 2. The first-order chi connectivity index (χ1) is 25.4. The minimum absolute atomic E-state index is 0.000736. The number of alkyl halides is 1. The monoisotopic (exact) mass is 744 g/mol. The topological polar surface area (TPSA) is 134 Å². The van der Waals surface area contributed by atoms with Gasteiger partial charge >= 0.3 is 6.01 Å². The van der Waals surface area contributed by atoms with E-state index >= 15 is 4.39 Å². The lowest BCUT2D eigenvalue weighted by molar-refractivity contribution is -0.131. The third-order valence-electron chi connectivity index (χ3n) is 10.5. The number of likely N-dealkylation sites (tertiary alicyclic amines) is 1. The zero-order valence-corrected chi connectivity index (χ0v) is 30.4. The summed E-state index contributed by atoms with van der Waals surface area (Å²) in [4.78, 5) is 36.6. The average Bonchev–Trinajstić information content (AvgIpc) is 3.82. The first-order valence-electron chi connectivity index (χ1n) is 17.7. The van der Waals surface area contributed by atoms with Crippen LogP contribution in [0, 0.1) is 11.7 Å². The fraction of sp³-hybridized carbons (Fsp3) is 0.421. The van der Waals surface area contributed by atoms with E-state index in [9.17, 15) is 14.3 Å². The summed E-state index contributed by atoms with van der Waals surface area (Å²) in [5.41, 5.74) is -1.02. The number of aliphatic hydroxyl groups is 1. The molecule has 2 atom stereocenters. The van der Waals surface area contributed by atoms with E-state index in [2.05, 4.69) is 25.0 Å². The zero-order chi connectivity index (χ0) is 37.1. The fourth-order valence-electron chi connectivity index (χ4n) is 7.84. The molecule has 0 spiro atoms. The summed E-state index contributed by atoms with van der Waals surface area (Å²) < 4.78 is 42.7. The van der Waals surface area contributed by atoms with Crippen LogP contribution in [0.25, 0.3) is 39.0 Å². The minimum Gasteiger partial charge on any atom is -0.461 e. The van der Waals surface area contributed by atoms with Gasteiger partial charge in [0.2, 0.25) is 11.7 Å². The third kappa shape index (κ3) is 6.68. The van der Waals surface area contributed by atoms with Crippen molar-refractivity contribution in [2.24, 2.45) is 5.92 Å². The van der Waals surface area contributed by atoms with Crippen LogP contribution < -0.4 is 9.64 Å². The van der Waals surface area contributed by atoms with E-state index in [1.807, 2.05) is 36.2 Å². The normalized spacial score (nSPS) is 20.8. The van der Waals surface area contributed by atoms with Crippen molar-refractivity contribution >= 4 is 51.1 Å². The summed E-state index contributed by atoms with van der Waals surface area (Å²) in [6.45, 7) is 5.94. The molecule has 0 radical (unpaired) electrons. The van der Waals surface area contributed by atoms with Crippen molar-refractivity contribution in [1.29, 1.82) is 0 Å². The van der Waals surface area contributed by atoms with E-state index in [1.165, 1.54) is 12.2 Å². The molecule has 3 aliphatic heterocycles. The molecule has 2 aromatic carbocycles. The quantitative estimate of drug-likeness (QED) is 0.174. The molecular formula is C38H39ClF2N8O4. The number of aromatic nitrogens is 5. The second kappa shape index (κ2) is 13.6. The van der Waals surface area contributed by atoms with Crippen LogP contribution >= 0.6 is 11.6 Å². The Morgan fingerprint density at radius 2 is 1.98 bits per heavy atom. The number of carbonyl (C=O) groups is 1. The standard InChI is InChI=1S/C38H39ClF2N8O4/c1-37(2,51)35-43-28(53-46-35)11-12-29(50)48-18-22(19-48)17-47(3)34-26-16-42-32(25-9-4-7-23-8-5-10-27(39)30(23)25)31(41)33(26)44-36(45-34)52-21-38-13-6-14-49(38)20-24(40)15-38/h4-5,7-12,16,22,24,51H,6,13-15,17-21H2,1-3H3/b12-11+/t24-,38+/m1/s1. The Hall–Kier alpha value is -4.79. The predicted octanol–water partition coefficient (Wildman–Crippen LogP) is 5.81. The molecule has 1 amide bonds. The fourth-order valence-corrected chi connectivity index (χ4v) is 8.13. The zero-order valence-electron chi connectivity index (χ0n) is 29.6. The first kappa shape index (κ1) is 35.3. The van der Waals surface area contributed by atoms with Crippen LogP contribution in [0.2, 0.25) is 5.02 Å². The van der Waals surface area contributed by atoms with Gasteiger partial charge in [0.25, 0.3) is 5.89 Å². The van der Waals surface area contributed by atoms with Crippen LogP contribution in [0.5, 0.6) is 6.01 Å². The number of halogens is 3. The van der Waals surface area contributed by atoms with Gasteiger partial charge in [-0.05, 0) is 44.7 Å². The van der Waals surface area contributed by atoms with Crippen molar-refractivity contribution in [3.63, 3.8) is 0 Å². The maximum atomic E-state index is 16.8. The molecule has 3 aromatic heterocycles. The van der Waals surface area contributed by atoms with E-state index in [0.717, 1.165) is 24.8 Å². The largest absolute Gasteiger partial charge is 0.461 e. The van der Waals surface area contributed by atoms with Crippen molar-refractivity contribution in [2.45, 2.75) is 50.4 Å². The highest BCUT2D eigenvalue weighted by molar-refractivity contribution is 6.36. The molecular weight excluding hydrogens is 706 g/mol. The van der Waals surface area contributed by atoms with Gasteiger partial charge in [-0.2, -0.15) is 15.0 Å². The van der Waals surface area contributed by atoms with Crippen LogP contribution in [0.15, 0.2) is 53.2 Å². The Morgan fingerprint density at radius 3 is 2.75 bits per heavy atom. The number of anilines is 1. The first-order valence-corrected chi connectivity index (χ1v) is 18.1.